The Kier molecular flexibility index (Phi) is 6.14. The Morgan fingerprint density at radius 1 is 1.03 bits per heavy atom. The summed E-state index contributed by atoms with van der Waals surface area (Å²) < 4.78 is 10.6. The van der Waals surface area contributed by atoms with E-state index in [0.29, 0.717) is 12.0 Å². The monoisotopic (exact) mass is 408 g/mol. The van der Waals surface area contributed by atoms with Gasteiger partial charge in [-0.25, -0.2) is 0 Å². The van der Waals surface area contributed by atoms with E-state index in [4.69, 9.17) is 14.6 Å². The number of rotatable bonds is 6. The Bertz CT molecular complexity index is 890. The number of methoxy groups -OCH3 is 2. The third kappa shape index (κ3) is 4.15. The first-order chi connectivity index (χ1) is 14.2. The second-order valence-corrected chi connectivity index (χ2v) is 8.46. The molecule has 0 saturated carbocycles. The molecule has 1 saturated heterocycles. The summed E-state index contributed by atoms with van der Waals surface area (Å²) in [5.74, 6) is 4.31. The number of benzene rings is 2. The number of fused-ring (bicyclic) bond motifs is 1. The van der Waals surface area contributed by atoms with Crippen LogP contribution in [0.3, 0.4) is 0 Å². The fourth-order valence-corrected chi connectivity index (χ4v) is 5.28. The zero-order chi connectivity index (χ0) is 20.2. The second-order valence-electron chi connectivity index (χ2n) is 7.43. The standard InChI is InChI=1S/C24H28N2O2S/c1-4-13-26-24(18-7-11-21(28-3)12-8-18)22-16-29-15-19(23(22)25-26)14-17-5-9-20(27-2)10-6-17/h5-12,14,22,24H,4,13,15-16H2,1-3H3/b19-14-. The maximum Gasteiger partial charge on any atom is 0.118 e. The van der Waals surface area contributed by atoms with Gasteiger partial charge in [0.25, 0.3) is 0 Å². The molecule has 0 bridgehead atoms. The first-order valence-electron chi connectivity index (χ1n) is 10.1. The first kappa shape index (κ1) is 19.9. The van der Waals surface area contributed by atoms with Gasteiger partial charge in [0.1, 0.15) is 11.5 Å². The third-order valence-electron chi connectivity index (χ3n) is 5.54. The SMILES string of the molecule is CCCN1N=C2/C(=C\c3ccc(OC)cc3)CSCC2C1c1ccc(OC)cc1. The van der Waals surface area contributed by atoms with Gasteiger partial charge in [0.2, 0.25) is 0 Å². The smallest absolute Gasteiger partial charge is 0.118 e. The molecular weight excluding hydrogens is 380 g/mol. The van der Waals surface area contributed by atoms with E-state index in [1.54, 1.807) is 14.2 Å². The van der Waals surface area contributed by atoms with Crippen molar-refractivity contribution in [3.63, 3.8) is 0 Å². The molecular formula is C24H28N2O2S. The van der Waals surface area contributed by atoms with Crippen molar-refractivity contribution in [1.29, 1.82) is 0 Å². The summed E-state index contributed by atoms with van der Waals surface area (Å²) in [7, 11) is 3.41. The molecule has 2 aliphatic heterocycles. The van der Waals surface area contributed by atoms with E-state index >= 15 is 0 Å². The van der Waals surface area contributed by atoms with E-state index in [-0.39, 0.29) is 0 Å². The quantitative estimate of drug-likeness (QED) is 0.652. The lowest BCUT2D eigenvalue weighted by atomic mass is 9.87. The second kappa shape index (κ2) is 8.95. The van der Waals surface area contributed by atoms with Crippen molar-refractivity contribution in [1.82, 2.24) is 5.01 Å². The van der Waals surface area contributed by atoms with Crippen molar-refractivity contribution < 1.29 is 9.47 Å². The fraction of sp³-hybridized carbons (Fsp3) is 0.375. The molecule has 0 amide bonds. The average molecular weight is 409 g/mol. The summed E-state index contributed by atoms with van der Waals surface area (Å²) in [5, 5.41) is 7.43. The number of hydrogen-bond acceptors (Lipinski definition) is 5. The number of hydrazone groups is 1. The van der Waals surface area contributed by atoms with E-state index in [1.807, 2.05) is 23.9 Å². The summed E-state index contributed by atoms with van der Waals surface area (Å²) in [5.41, 5.74) is 5.11. The summed E-state index contributed by atoms with van der Waals surface area (Å²) >= 11 is 2.01. The minimum atomic E-state index is 0.294. The Balaban J connectivity index is 1.65. The van der Waals surface area contributed by atoms with Gasteiger partial charge >= 0.3 is 0 Å². The number of thioether (sulfide) groups is 1. The van der Waals surface area contributed by atoms with Crippen LogP contribution in [-0.2, 0) is 0 Å². The van der Waals surface area contributed by atoms with Crippen LogP contribution < -0.4 is 9.47 Å². The van der Waals surface area contributed by atoms with E-state index in [0.717, 1.165) is 36.0 Å². The lowest BCUT2D eigenvalue weighted by Crippen LogP contribution is -2.30. The molecule has 2 aromatic rings. The summed E-state index contributed by atoms with van der Waals surface area (Å²) in [6.45, 7) is 3.19. The molecule has 0 aromatic heterocycles. The van der Waals surface area contributed by atoms with Crippen LogP contribution in [-0.4, -0.2) is 43.0 Å². The highest BCUT2D eigenvalue weighted by Gasteiger charge is 2.41. The highest BCUT2D eigenvalue weighted by Crippen LogP contribution is 2.43. The third-order valence-corrected chi connectivity index (χ3v) is 6.65. The predicted octanol–water partition coefficient (Wildman–Crippen LogP) is 5.27. The minimum Gasteiger partial charge on any atom is -0.497 e. The molecule has 2 atom stereocenters. The van der Waals surface area contributed by atoms with Gasteiger partial charge < -0.3 is 9.47 Å². The van der Waals surface area contributed by atoms with Gasteiger partial charge in [-0.15, -0.1) is 0 Å². The molecule has 2 heterocycles. The highest BCUT2D eigenvalue weighted by atomic mass is 32.2. The predicted molar refractivity (Wildman–Crippen MR) is 122 cm³/mol. The average Bonchev–Trinajstić information content (AvgIpc) is 3.14. The highest BCUT2D eigenvalue weighted by molar-refractivity contribution is 7.99. The first-order valence-corrected chi connectivity index (χ1v) is 11.3. The van der Waals surface area contributed by atoms with Crippen LogP contribution in [0.15, 0.2) is 59.2 Å². The van der Waals surface area contributed by atoms with E-state index in [1.165, 1.54) is 22.4 Å². The summed E-state index contributed by atoms with van der Waals surface area (Å²) in [6, 6.07) is 17.0. The molecule has 0 spiro atoms. The lowest BCUT2D eigenvalue weighted by Gasteiger charge is -2.30. The molecule has 4 nitrogen and oxygen atoms in total. The molecule has 2 aromatic carbocycles. The largest absolute Gasteiger partial charge is 0.497 e. The molecule has 152 valence electrons. The minimum absolute atomic E-state index is 0.294. The van der Waals surface area contributed by atoms with Gasteiger partial charge in [0.05, 0.1) is 26.0 Å². The van der Waals surface area contributed by atoms with Gasteiger partial charge in [-0.05, 0) is 53.5 Å². The van der Waals surface area contributed by atoms with Gasteiger partial charge in [-0.1, -0.05) is 31.2 Å². The Morgan fingerprint density at radius 2 is 1.69 bits per heavy atom. The van der Waals surface area contributed by atoms with Gasteiger partial charge in [0.15, 0.2) is 0 Å². The normalized spacial score (nSPS) is 22.4. The molecule has 0 N–H and O–H groups in total. The fourth-order valence-electron chi connectivity index (χ4n) is 4.11. The Labute approximate surface area is 177 Å². The molecule has 0 radical (unpaired) electrons. The van der Waals surface area contributed by atoms with Crippen molar-refractivity contribution in [2.45, 2.75) is 19.4 Å². The molecule has 1 fully saturated rings. The molecule has 2 aliphatic rings. The molecule has 5 heteroatoms. The van der Waals surface area contributed by atoms with Crippen molar-refractivity contribution in [2.75, 3.05) is 32.3 Å². The van der Waals surface area contributed by atoms with Crippen molar-refractivity contribution >= 4 is 23.5 Å². The van der Waals surface area contributed by atoms with E-state index < -0.39 is 0 Å². The van der Waals surface area contributed by atoms with Gasteiger partial charge in [0, 0.05) is 24.0 Å². The van der Waals surface area contributed by atoms with Crippen molar-refractivity contribution in [3.8, 4) is 11.5 Å². The van der Waals surface area contributed by atoms with Crippen LogP contribution in [0.4, 0.5) is 0 Å². The summed E-state index contributed by atoms with van der Waals surface area (Å²) in [4.78, 5) is 0. The number of ether oxygens (including phenoxy) is 2. The Morgan fingerprint density at radius 3 is 2.31 bits per heavy atom. The summed E-state index contributed by atoms with van der Waals surface area (Å²) in [6.07, 6.45) is 3.37. The van der Waals surface area contributed by atoms with Crippen molar-refractivity contribution in [3.05, 3.63) is 65.2 Å². The van der Waals surface area contributed by atoms with Crippen LogP contribution in [0, 0.1) is 5.92 Å². The van der Waals surface area contributed by atoms with E-state index in [2.05, 4.69) is 54.4 Å². The van der Waals surface area contributed by atoms with Crippen LogP contribution in [0.1, 0.15) is 30.5 Å². The van der Waals surface area contributed by atoms with Crippen LogP contribution >= 0.6 is 11.8 Å². The zero-order valence-electron chi connectivity index (χ0n) is 17.3. The van der Waals surface area contributed by atoms with Crippen molar-refractivity contribution in [2.24, 2.45) is 11.0 Å². The maximum atomic E-state index is 5.35. The van der Waals surface area contributed by atoms with Crippen LogP contribution in [0.25, 0.3) is 6.08 Å². The van der Waals surface area contributed by atoms with E-state index in [9.17, 15) is 0 Å². The Hall–Kier alpha value is -2.40. The molecule has 4 rings (SSSR count). The maximum absolute atomic E-state index is 5.35. The van der Waals surface area contributed by atoms with Gasteiger partial charge in [-0.2, -0.15) is 16.9 Å². The van der Waals surface area contributed by atoms with Crippen LogP contribution in [0.5, 0.6) is 11.5 Å². The van der Waals surface area contributed by atoms with Gasteiger partial charge in [-0.3, -0.25) is 5.01 Å². The molecule has 0 aliphatic carbocycles. The number of nitrogens with zero attached hydrogens (tertiary/aromatic N) is 2. The molecule has 2 unspecified atom stereocenters. The number of hydrogen-bond donors (Lipinski definition) is 0. The lowest BCUT2D eigenvalue weighted by molar-refractivity contribution is 0.209. The topological polar surface area (TPSA) is 34.1 Å². The van der Waals surface area contributed by atoms with Crippen LogP contribution in [0.2, 0.25) is 0 Å². The molecule has 29 heavy (non-hydrogen) atoms. The zero-order valence-corrected chi connectivity index (χ0v) is 18.1.